The van der Waals surface area contributed by atoms with Gasteiger partial charge in [-0.2, -0.15) is 5.10 Å². The van der Waals surface area contributed by atoms with E-state index >= 15 is 0 Å². The highest BCUT2D eigenvalue weighted by Gasteiger charge is 2.13. The van der Waals surface area contributed by atoms with Crippen molar-refractivity contribution in [1.82, 2.24) is 10.2 Å². The number of carbonyl (C=O) groups excluding carboxylic acids is 1. The van der Waals surface area contributed by atoms with E-state index in [2.05, 4.69) is 15.5 Å². The molecule has 0 aliphatic carbocycles. The number of nitrogens with one attached hydrogen (secondary N) is 2. The predicted octanol–water partition coefficient (Wildman–Crippen LogP) is 1.74. The molecule has 0 spiro atoms. The largest absolute Gasteiger partial charge is 0.389 e. The number of aromatic nitrogens is 2. The lowest BCUT2D eigenvalue weighted by Crippen LogP contribution is -2.17. The van der Waals surface area contributed by atoms with Crippen molar-refractivity contribution in [3.63, 3.8) is 0 Å². The summed E-state index contributed by atoms with van der Waals surface area (Å²) in [6, 6.07) is 4.07. The number of hydrogen-bond acceptors (Lipinski definition) is 3. The molecule has 0 saturated carbocycles. The van der Waals surface area contributed by atoms with Crippen LogP contribution in [0.1, 0.15) is 21.5 Å². The van der Waals surface area contributed by atoms with Crippen molar-refractivity contribution in [1.29, 1.82) is 0 Å². The molecular formula is C12H11FN4OS. The Labute approximate surface area is 114 Å². The molecule has 1 amide bonds. The number of benzene rings is 1. The minimum atomic E-state index is -0.468. The first-order chi connectivity index (χ1) is 8.97. The number of halogens is 1. The highest BCUT2D eigenvalue weighted by atomic mass is 32.1. The highest BCUT2D eigenvalue weighted by molar-refractivity contribution is 7.80. The van der Waals surface area contributed by atoms with Crippen LogP contribution in [0.5, 0.6) is 0 Å². The number of anilines is 1. The molecule has 1 heterocycles. The van der Waals surface area contributed by atoms with Crippen LogP contribution in [-0.2, 0) is 0 Å². The van der Waals surface area contributed by atoms with Gasteiger partial charge in [-0.05, 0) is 30.7 Å². The molecule has 0 aliphatic heterocycles. The first kappa shape index (κ1) is 13.2. The molecular weight excluding hydrogens is 267 g/mol. The van der Waals surface area contributed by atoms with Crippen LogP contribution in [0.4, 0.5) is 10.2 Å². The second-order valence-corrected chi connectivity index (χ2v) is 4.43. The van der Waals surface area contributed by atoms with Gasteiger partial charge in [0.1, 0.15) is 16.6 Å². The summed E-state index contributed by atoms with van der Waals surface area (Å²) in [7, 11) is 0. The fourth-order valence-corrected chi connectivity index (χ4v) is 1.78. The summed E-state index contributed by atoms with van der Waals surface area (Å²) in [6.45, 7) is 1.70. The smallest absolute Gasteiger partial charge is 0.256 e. The summed E-state index contributed by atoms with van der Waals surface area (Å²) >= 11 is 4.82. The Balaban J connectivity index is 2.25. The topological polar surface area (TPSA) is 83.8 Å². The molecule has 0 unspecified atom stereocenters. The lowest BCUT2D eigenvalue weighted by atomic mass is 10.1. The molecule has 2 aromatic rings. The van der Waals surface area contributed by atoms with E-state index in [1.807, 2.05) is 0 Å². The van der Waals surface area contributed by atoms with Crippen LogP contribution in [-0.4, -0.2) is 21.1 Å². The fraction of sp³-hybridized carbons (Fsp3) is 0.0833. The van der Waals surface area contributed by atoms with Crippen LogP contribution >= 0.6 is 12.2 Å². The minimum absolute atomic E-state index is 0.111. The maximum atomic E-state index is 13.2. The molecule has 0 fully saturated rings. The third kappa shape index (κ3) is 2.94. The average Bonchev–Trinajstić information content (AvgIpc) is 2.75. The summed E-state index contributed by atoms with van der Waals surface area (Å²) in [5, 5.41) is 8.87. The number of thiocarbonyl (C=S) groups is 1. The Morgan fingerprint density at radius 3 is 2.84 bits per heavy atom. The van der Waals surface area contributed by atoms with Gasteiger partial charge in [0.2, 0.25) is 0 Å². The first-order valence-corrected chi connectivity index (χ1v) is 5.80. The van der Waals surface area contributed by atoms with E-state index in [-0.39, 0.29) is 10.6 Å². The number of hydrogen-bond donors (Lipinski definition) is 3. The zero-order valence-electron chi connectivity index (χ0n) is 10.0. The van der Waals surface area contributed by atoms with E-state index in [9.17, 15) is 9.18 Å². The van der Waals surface area contributed by atoms with Gasteiger partial charge in [0.05, 0.1) is 11.8 Å². The molecule has 5 nitrogen and oxygen atoms in total. The number of H-pyrrole nitrogens is 1. The minimum Gasteiger partial charge on any atom is -0.389 e. The maximum absolute atomic E-state index is 13.2. The Hall–Kier alpha value is -2.28. The molecule has 0 saturated heterocycles. The molecule has 2 rings (SSSR count). The van der Waals surface area contributed by atoms with Gasteiger partial charge in [-0.3, -0.25) is 9.89 Å². The van der Waals surface area contributed by atoms with Gasteiger partial charge in [0.25, 0.3) is 5.91 Å². The van der Waals surface area contributed by atoms with E-state index in [4.69, 9.17) is 18.0 Å². The summed E-state index contributed by atoms with van der Waals surface area (Å²) < 4.78 is 13.2. The zero-order chi connectivity index (χ0) is 14.0. The molecule has 98 valence electrons. The van der Waals surface area contributed by atoms with Gasteiger partial charge in [-0.25, -0.2) is 4.39 Å². The molecule has 4 N–H and O–H groups in total. The van der Waals surface area contributed by atoms with Crippen LogP contribution in [0.2, 0.25) is 0 Å². The summed E-state index contributed by atoms with van der Waals surface area (Å²) in [4.78, 5) is 12.1. The van der Waals surface area contributed by atoms with Crippen molar-refractivity contribution >= 4 is 28.9 Å². The lowest BCUT2D eigenvalue weighted by molar-refractivity contribution is 0.102. The van der Waals surface area contributed by atoms with Crippen LogP contribution < -0.4 is 11.1 Å². The van der Waals surface area contributed by atoms with E-state index in [1.165, 1.54) is 12.3 Å². The normalized spacial score (nSPS) is 10.2. The fourth-order valence-electron chi connectivity index (χ4n) is 1.62. The predicted molar refractivity (Wildman–Crippen MR) is 73.6 cm³/mol. The van der Waals surface area contributed by atoms with Crippen LogP contribution in [0.15, 0.2) is 24.4 Å². The van der Waals surface area contributed by atoms with E-state index in [0.717, 1.165) is 6.07 Å². The van der Waals surface area contributed by atoms with Gasteiger partial charge < -0.3 is 11.1 Å². The SMILES string of the molecule is Cc1cc(F)cc(C(=O)Nc2[nH]ncc2C(N)=S)c1. The second-order valence-electron chi connectivity index (χ2n) is 3.99. The van der Waals surface area contributed by atoms with Crippen molar-refractivity contribution in [2.45, 2.75) is 6.92 Å². The molecule has 19 heavy (non-hydrogen) atoms. The zero-order valence-corrected chi connectivity index (χ0v) is 10.8. The number of amides is 1. The number of aromatic amines is 1. The quantitative estimate of drug-likeness (QED) is 0.747. The summed E-state index contributed by atoms with van der Waals surface area (Å²) in [6.07, 6.45) is 1.41. The third-order valence-corrected chi connectivity index (χ3v) is 2.67. The Morgan fingerprint density at radius 2 is 2.21 bits per heavy atom. The number of aryl methyl sites for hydroxylation is 1. The van der Waals surface area contributed by atoms with Crippen LogP contribution in [0.25, 0.3) is 0 Å². The van der Waals surface area contributed by atoms with E-state index in [0.29, 0.717) is 16.9 Å². The molecule has 0 atom stereocenters. The molecule has 1 aromatic carbocycles. The third-order valence-electron chi connectivity index (χ3n) is 2.45. The molecule has 0 aliphatic rings. The van der Waals surface area contributed by atoms with Crippen LogP contribution in [0.3, 0.4) is 0 Å². The first-order valence-electron chi connectivity index (χ1n) is 5.39. The number of nitrogens with two attached hydrogens (primary N) is 1. The van der Waals surface area contributed by atoms with Crippen molar-refractivity contribution in [2.75, 3.05) is 5.32 Å². The molecule has 0 bridgehead atoms. The highest BCUT2D eigenvalue weighted by Crippen LogP contribution is 2.14. The Bertz CT molecular complexity index is 633. The summed E-state index contributed by atoms with van der Waals surface area (Å²) in [5.41, 5.74) is 6.78. The molecule has 7 heteroatoms. The van der Waals surface area contributed by atoms with Crippen molar-refractivity contribution in [3.05, 3.63) is 46.9 Å². The van der Waals surface area contributed by atoms with Crippen molar-refractivity contribution < 1.29 is 9.18 Å². The molecule has 0 radical (unpaired) electrons. The summed E-state index contributed by atoms with van der Waals surface area (Å²) in [5.74, 6) is -0.645. The lowest BCUT2D eigenvalue weighted by Gasteiger charge is -2.06. The van der Waals surface area contributed by atoms with Gasteiger partial charge >= 0.3 is 0 Å². The number of rotatable bonds is 3. The van der Waals surface area contributed by atoms with Crippen molar-refractivity contribution in [3.8, 4) is 0 Å². The maximum Gasteiger partial charge on any atom is 0.256 e. The van der Waals surface area contributed by atoms with E-state index in [1.54, 1.807) is 13.0 Å². The van der Waals surface area contributed by atoms with Gasteiger partial charge in [0, 0.05) is 5.56 Å². The second kappa shape index (κ2) is 5.15. The standard InChI is InChI=1S/C12H11FN4OS/c1-6-2-7(4-8(13)3-6)12(18)16-11-9(10(14)19)5-15-17-11/h2-5H,1H3,(H2,14,19)(H2,15,16,17,18). The van der Waals surface area contributed by atoms with Crippen molar-refractivity contribution in [2.24, 2.45) is 5.73 Å². The number of nitrogens with zero attached hydrogens (tertiary/aromatic N) is 1. The Kier molecular flexibility index (Phi) is 3.57. The number of carbonyl (C=O) groups is 1. The van der Waals surface area contributed by atoms with Crippen LogP contribution in [0, 0.1) is 12.7 Å². The van der Waals surface area contributed by atoms with Gasteiger partial charge in [-0.15, -0.1) is 0 Å². The molecule has 1 aromatic heterocycles. The Morgan fingerprint density at radius 1 is 1.47 bits per heavy atom. The van der Waals surface area contributed by atoms with Gasteiger partial charge in [-0.1, -0.05) is 12.2 Å². The average molecular weight is 278 g/mol. The van der Waals surface area contributed by atoms with E-state index < -0.39 is 11.7 Å². The monoisotopic (exact) mass is 278 g/mol. The van der Waals surface area contributed by atoms with Gasteiger partial charge in [0.15, 0.2) is 0 Å².